The zero-order valence-electron chi connectivity index (χ0n) is 6.96. The second-order valence-electron chi connectivity index (χ2n) is 2.63. The van der Waals surface area contributed by atoms with Crippen molar-refractivity contribution < 1.29 is 5.21 Å². The normalized spacial score (nSPS) is 9.75. The van der Waals surface area contributed by atoms with Gasteiger partial charge in [-0.3, -0.25) is 0 Å². The van der Waals surface area contributed by atoms with E-state index in [0.29, 0.717) is 6.54 Å². The number of benzene rings is 1. The van der Waals surface area contributed by atoms with E-state index in [1.807, 2.05) is 30.3 Å². The molecule has 1 rings (SSSR count). The first-order valence-electron chi connectivity index (χ1n) is 3.94. The van der Waals surface area contributed by atoms with Gasteiger partial charge in [0.2, 0.25) is 0 Å². The highest BCUT2D eigenvalue weighted by Crippen LogP contribution is 2.13. The average Bonchev–Trinajstić information content (AvgIpc) is 2.15. The summed E-state index contributed by atoms with van der Waals surface area (Å²) in [5.74, 6) is 0. The van der Waals surface area contributed by atoms with Gasteiger partial charge in [-0.1, -0.05) is 36.9 Å². The standard InChI is InChI=1S/C10H13NO/c1-9(7-8-11-12)10-5-3-2-4-6-10/h2-6,11-12H,1,7-8H2. The lowest BCUT2D eigenvalue weighted by atomic mass is 10.1. The van der Waals surface area contributed by atoms with Crippen LogP contribution in [-0.2, 0) is 0 Å². The van der Waals surface area contributed by atoms with Gasteiger partial charge in [-0.15, -0.1) is 0 Å². The van der Waals surface area contributed by atoms with Crippen LogP contribution in [0.1, 0.15) is 12.0 Å². The molecule has 64 valence electrons. The third-order valence-corrected chi connectivity index (χ3v) is 1.72. The Morgan fingerprint density at radius 3 is 2.58 bits per heavy atom. The summed E-state index contributed by atoms with van der Waals surface area (Å²) in [5, 5.41) is 8.37. The van der Waals surface area contributed by atoms with Gasteiger partial charge >= 0.3 is 0 Å². The van der Waals surface area contributed by atoms with E-state index in [1.54, 1.807) is 0 Å². The van der Waals surface area contributed by atoms with Crippen molar-refractivity contribution in [2.75, 3.05) is 6.54 Å². The SMILES string of the molecule is C=C(CCNO)c1ccccc1. The molecule has 0 spiro atoms. The zero-order valence-corrected chi connectivity index (χ0v) is 6.96. The van der Waals surface area contributed by atoms with Gasteiger partial charge in [0.25, 0.3) is 0 Å². The number of hydroxylamine groups is 1. The molecule has 0 bridgehead atoms. The van der Waals surface area contributed by atoms with Crippen LogP contribution in [0.4, 0.5) is 0 Å². The van der Waals surface area contributed by atoms with Gasteiger partial charge in [-0.2, -0.15) is 0 Å². The lowest BCUT2D eigenvalue weighted by Gasteiger charge is -2.03. The van der Waals surface area contributed by atoms with E-state index in [2.05, 4.69) is 12.1 Å². The van der Waals surface area contributed by atoms with Gasteiger partial charge in [-0.25, -0.2) is 5.48 Å². The van der Waals surface area contributed by atoms with Crippen molar-refractivity contribution in [2.24, 2.45) is 0 Å². The van der Waals surface area contributed by atoms with Gasteiger partial charge in [-0.05, 0) is 17.6 Å². The first-order valence-corrected chi connectivity index (χ1v) is 3.94. The van der Waals surface area contributed by atoms with E-state index in [4.69, 9.17) is 5.21 Å². The predicted octanol–water partition coefficient (Wildman–Crippen LogP) is 2.07. The molecule has 0 aliphatic rings. The number of hydrogen-bond donors (Lipinski definition) is 2. The van der Waals surface area contributed by atoms with Crippen LogP contribution < -0.4 is 5.48 Å². The minimum atomic E-state index is 0.549. The lowest BCUT2D eigenvalue weighted by Crippen LogP contribution is -2.08. The molecule has 0 amide bonds. The van der Waals surface area contributed by atoms with E-state index in [9.17, 15) is 0 Å². The summed E-state index contributed by atoms with van der Waals surface area (Å²) in [4.78, 5) is 0. The summed E-state index contributed by atoms with van der Waals surface area (Å²) >= 11 is 0. The van der Waals surface area contributed by atoms with Gasteiger partial charge in [0.15, 0.2) is 0 Å². The van der Waals surface area contributed by atoms with E-state index in [-0.39, 0.29) is 0 Å². The summed E-state index contributed by atoms with van der Waals surface area (Å²) in [6, 6.07) is 9.96. The van der Waals surface area contributed by atoms with Crippen LogP contribution in [0, 0.1) is 0 Å². The monoisotopic (exact) mass is 163 g/mol. The number of rotatable bonds is 4. The fraction of sp³-hybridized carbons (Fsp3) is 0.200. The van der Waals surface area contributed by atoms with Crippen molar-refractivity contribution in [3.05, 3.63) is 42.5 Å². The average molecular weight is 163 g/mol. The Kier molecular flexibility index (Phi) is 3.51. The quantitative estimate of drug-likeness (QED) is 0.666. The van der Waals surface area contributed by atoms with Gasteiger partial charge in [0, 0.05) is 6.54 Å². The molecule has 2 heteroatoms. The van der Waals surface area contributed by atoms with Crippen LogP contribution in [0.5, 0.6) is 0 Å². The molecular weight excluding hydrogens is 150 g/mol. The summed E-state index contributed by atoms with van der Waals surface area (Å²) in [5.41, 5.74) is 4.28. The highest BCUT2D eigenvalue weighted by Gasteiger charge is 1.95. The largest absolute Gasteiger partial charge is 0.317 e. The molecule has 0 fully saturated rings. The van der Waals surface area contributed by atoms with Crippen molar-refractivity contribution in [1.82, 2.24) is 5.48 Å². The third kappa shape index (κ3) is 2.49. The van der Waals surface area contributed by atoms with E-state index in [0.717, 1.165) is 17.6 Å². The van der Waals surface area contributed by atoms with E-state index >= 15 is 0 Å². The molecule has 2 nitrogen and oxygen atoms in total. The molecule has 12 heavy (non-hydrogen) atoms. The molecule has 0 heterocycles. The Bertz CT molecular complexity index is 243. The maximum absolute atomic E-state index is 8.37. The summed E-state index contributed by atoms with van der Waals surface area (Å²) < 4.78 is 0. The lowest BCUT2D eigenvalue weighted by molar-refractivity contribution is 0.169. The maximum atomic E-state index is 8.37. The fourth-order valence-corrected chi connectivity index (χ4v) is 1.02. The Balaban J connectivity index is 2.54. The predicted molar refractivity (Wildman–Crippen MR) is 49.9 cm³/mol. The van der Waals surface area contributed by atoms with Crippen molar-refractivity contribution in [3.8, 4) is 0 Å². The molecule has 0 aromatic heterocycles. The molecular formula is C10H13NO. The molecule has 1 aromatic rings. The van der Waals surface area contributed by atoms with Gasteiger partial charge < -0.3 is 5.21 Å². The highest BCUT2D eigenvalue weighted by atomic mass is 16.5. The second kappa shape index (κ2) is 4.70. The summed E-state index contributed by atoms with van der Waals surface area (Å²) in [6.07, 6.45) is 0.764. The Hall–Kier alpha value is -1.12. The summed E-state index contributed by atoms with van der Waals surface area (Å²) in [7, 11) is 0. The zero-order chi connectivity index (χ0) is 8.81. The molecule has 0 saturated heterocycles. The molecule has 0 atom stereocenters. The van der Waals surface area contributed by atoms with Crippen molar-refractivity contribution in [1.29, 1.82) is 0 Å². The second-order valence-corrected chi connectivity index (χ2v) is 2.63. The molecule has 1 aromatic carbocycles. The molecule has 0 aliphatic heterocycles. The minimum Gasteiger partial charge on any atom is -0.317 e. The molecule has 0 saturated carbocycles. The van der Waals surface area contributed by atoms with Crippen LogP contribution in [0.25, 0.3) is 5.57 Å². The Labute approximate surface area is 72.5 Å². The minimum absolute atomic E-state index is 0.549. The summed E-state index contributed by atoms with van der Waals surface area (Å²) in [6.45, 7) is 4.46. The van der Waals surface area contributed by atoms with Gasteiger partial charge in [0.05, 0.1) is 0 Å². The first-order chi connectivity index (χ1) is 5.84. The topological polar surface area (TPSA) is 32.3 Å². The van der Waals surface area contributed by atoms with Crippen LogP contribution in [0.15, 0.2) is 36.9 Å². The molecule has 0 radical (unpaired) electrons. The smallest absolute Gasteiger partial charge is 0.0247 e. The Morgan fingerprint density at radius 2 is 2.00 bits per heavy atom. The molecule has 2 N–H and O–H groups in total. The third-order valence-electron chi connectivity index (χ3n) is 1.72. The van der Waals surface area contributed by atoms with Crippen LogP contribution in [-0.4, -0.2) is 11.8 Å². The fourth-order valence-electron chi connectivity index (χ4n) is 1.02. The Morgan fingerprint density at radius 1 is 1.33 bits per heavy atom. The van der Waals surface area contributed by atoms with Crippen LogP contribution >= 0.6 is 0 Å². The maximum Gasteiger partial charge on any atom is 0.0247 e. The number of nitrogens with one attached hydrogen (secondary N) is 1. The van der Waals surface area contributed by atoms with Crippen molar-refractivity contribution >= 4 is 5.57 Å². The first kappa shape index (κ1) is 8.97. The van der Waals surface area contributed by atoms with Crippen LogP contribution in [0.2, 0.25) is 0 Å². The van der Waals surface area contributed by atoms with Crippen LogP contribution in [0.3, 0.4) is 0 Å². The number of hydrogen-bond acceptors (Lipinski definition) is 2. The highest BCUT2D eigenvalue weighted by molar-refractivity contribution is 5.63. The molecule has 0 aliphatic carbocycles. The van der Waals surface area contributed by atoms with E-state index < -0.39 is 0 Å². The van der Waals surface area contributed by atoms with E-state index in [1.165, 1.54) is 0 Å². The van der Waals surface area contributed by atoms with Crippen molar-refractivity contribution in [3.63, 3.8) is 0 Å². The van der Waals surface area contributed by atoms with Crippen molar-refractivity contribution in [2.45, 2.75) is 6.42 Å². The van der Waals surface area contributed by atoms with Gasteiger partial charge in [0.1, 0.15) is 0 Å². The molecule has 0 unspecified atom stereocenters.